The van der Waals surface area contributed by atoms with Crippen LogP contribution in [0.5, 0.6) is 5.75 Å². The molecule has 2 aromatic carbocycles. The monoisotopic (exact) mass is 271 g/mol. The number of hydrogen-bond donors (Lipinski definition) is 0. The number of rotatable bonds is 4. The van der Waals surface area contributed by atoms with Crippen LogP contribution in [0.4, 0.5) is 0 Å². The number of aryl methyl sites for hydroxylation is 1. The molecule has 0 unspecified atom stereocenters. The molecular formula is C16H14ClNO. The van der Waals surface area contributed by atoms with E-state index in [1.54, 1.807) is 6.07 Å². The van der Waals surface area contributed by atoms with Crippen LogP contribution in [0.1, 0.15) is 22.3 Å². The SMILES string of the molecule is Cc1ccc(OCc2cccc(C#N)c2)c(CCl)c1. The maximum Gasteiger partial charge on any atom is 0.124 e. The van der Waals surface area contributed by atoms with Crippen molar-refractivity contribution >= 4 is 11.6 Å². The van der Waals surface area contributed by atoms with Crippen LogP contribution in [0.25, 0.3) is 0 Å². The van der Waals surface area contributed by atoms with E-state index in [0.29, 0.717) is 18.1 Å². The normalized spacial score (nSPS) is 9.95. The van der Waals surface area contributed by atoms with Gasteiger partial charge in [-0.3, -0.25) is 0 Å². The molecule has 96 valence electrons. The lowest BCUT2D eigenvalue weighted by atomic mass is 10.1. The highest BCUT2D eigenvalue weighted by Gasteiger charge is 2.04. The molecule has 3 heteroatoms. The standard InChI is InChI=1S/C16H14ClNO/c1-12-5-6-16(15(7-12)9-17)19-11-14-4-2-3-13(8-14)10-18/h2-8H,9,11H2,1H3. The zero-order valence-electron chi connectivity index (χ0n) is 10.7. The van der Waals surface area contributed by atoms with Gasteiger partial charge < -0.3 is 4.74 Å². The average Bonchev–Trinajstić information content (AvgIpc) is 2.46. The molecule has 0 spiro atoms. The number of alkyl halides is 1. The van der Waals surface area contributed by atoms with E-state index in [1.807, 2.05) is 43.3 Å². The number of hydrogen-bond acceptors (Lipinski definition) is 2. The molecule has 0 aliphatic rings. The van der Waals surface area contributed by atoms with E-state index in [-0.39, 0.29) is 0 Å². The van der Waals surface area contributed by atoms with Gasteiger partial charge in [0.25, 0.3) is 0 Å². The third-order valence-electron chi connectivity index (χ3n) is 2.81. The van der Waals surface area contributed by atoms with Crippen molar-refractivity contribution in [2.45, 2.75) is 19.4 Å². The number of benzene rings is 2. The van der Waals surface area contributed by atoms with Crippen LogP contribution in [-0.2, 0) is 12.5 Å². The van der Waals surface area contributed by atoms with Gasteiger partial charge in [0.2, 0.25) is 0 Å². The summed E-state index contributed by atoms with van der Waals surface area (Å²) in [5, 5.41) is 8.85. The van der Waals surface area contributed by atoms with Crippen LogP contribution < -0.4 is 4.74 Å². The van der Waals surface area contributed by atoms with Gasteiger partial charge in [0.1, 0.15) is 12.4 Å². The van der Waals surface area contributed by atoms with Gasteiger partial charge in [-0.2, -0.15) is 5.26 Å². The van der Waals surface area contributed by atoms with Gasteiger partial charge in [0, 0.05) is 5.56 Å². The van der Waals surface area contributed by atoms with Gasteiger partial charge in [0.05, 0.1) is 17.5 Å². The quantitative estimate of drug-likeness (QED) is 0.782. The minimum absolute atomic E-state index is 0.426. The Morgan fingerprint density at radius 2 is 2.05 bits per heavy atom. The van der Waals surface area contributed by atoms with Crippen molar-refractivity contribution < 1.29 is 4.74 Å². The molecule has 0 bridgehead atoms. The molecule has 2 aromatic rings. The molecule has 0 heterocycles. The van der Waals surface area contributed by atoms with Crippen molar-refractivity contribution in [2.75, 3.05) is 0 Å². The van der Waals surface area contributed by atoms with E-state index < -0.39 is 0 Å². The summed E-state index contributed by atoms with van der Waals surface area (Å²) in [4.78, 5) is 0. The Balaban J connectivity index is 2.12. The van der Waals surface area contributed by atoms with Gasteiger partial charge in [0.15, 0.2) is 0 Å². The van der Waals surface area contributed by atoms with Crippen LogP contribution in [0, 0.1) is 18.3 Å². The maximum atomic E-state index is 8.85. The minimum atomic E-state index is 0.426. The summed E-state index contributed by atoms with van der Waals surface area (Å²) < 4.78 is 5.77. The summed E-state index contributed by atoms with van der Waals surface area (Å²) in [5.41, 5.74) is 3.76. The first-order valence-corrected chi connectivity index (χ1v) is 6.53. The van der Waals surface area contributed by atoms with Gasteiger partial charge in [-0.15, -0.1) is 11.6 Å². The molecule has 19 heavy (non-hydrogen) atoms. The second kappa shape index (κ2) is 6.26. The maximum absolute atomic E-state index is 8.85. The number of halogens is 1. The molecule has 0 aromatic heterocycles. The van der Waals surface area contributed by atoms with Crippen molar-refractivity contribution in [2.24, 2.45) is 0 Å². The van der Waals surface area contributed by atoms with E-state index in [0.717, 1.165) is 22.4 Å². The summed E-state index contributed by atoms with van der Waals surface area (Å²) >= 11 is 5.91. The Morgan fingerprint density at radius 1 is 1.21 bits per heavy atom. The highest BCUT2D eigenvalue weighted by molar-refractivity contribution is 6.17. The lowest BCUT2D eigenvalue weighted by molar-refractivity contribution is 0.303. The largest absolute Gasteiger partial charge is 0.489 e. The van der Waals surface area contributed by atoms with E-state index in [9.17, 15) is 0 Å². The van der Waals surface area contributed by atoms with Crippen LogP contribution >= 0.6 is 11.6 Å². The number of nitrogens with zero attached hydrogens (tertiary/aromatic N) is 1. The highest BCUT2D eigenvalue weighted by Crippen LogP contribution is 2.23. The Morgan fingerprint density at radius 3 is 2.79 bits per heavy atom. The van der Waals surface area contributed by atoms with Crippen molar-refractivity contribution in [3.05, 3.63) is 64.7 Å². The average molecular weight is 272 g/mol. The molecule has 0 amide bonds. The molecule has 0 fully saturated rings. The highest BCUT2D eigenvalue weighted by atomic mass is 35.5. The predicted molar refractivity (Wildman–Crippen MR) is 76.2 cm³/mol. The van der Waals surface area contributed by atoms with Crippen LogP contribution in [-0.4, -0.2) is 0 Å². The molecule has 2 nitrogen and oxygen atoms in total. The molecule has 0 aliphatic heterocycles. The Hall–Kier alpha value is -1.98. The first-order valence-electron chi connectivity index (χ1n) is 6.00. The van der Waals surface area contributed by atoms with Crippen molar-refractivity contribution in [3.63, 3.8) is 0 Å². The lowest BCUT2D eigenvalue weighted by Gasteiger charge is -2.11. The lowest BCUT2D eigenvalue weighted by Crippen LogP contribution is -1.98. The predicted octanol–water partition coefficient (Wildman–Crippen LogP) is 4.18. The molecule has 0 radical (unpaired) electrons. The minimum Gasteiger partial charge on any atom is -0.489 e. The fraction of sp³-hybridized carbons (Fsp3) is 0.188. The molecular weight excluding hydrogens is 258 g/mol. The fourth-order valence-corrected chi connectivity index (χ4v) is 2.05. The fourth-order valence-electron chi connectivity index (χ4n) is 1.85. The first-order chi connectivity index (χ1) is 9.22. The third-order valence-corrected chi connectivity index (χ3v) is 3.10. The molecule has 2 rings (SSSR count). The molecule has 0 N–H and O–H groups in total. The van der Waals surface area contributed by atoms with Crippen LogP contribution in [0.15, 0.2) is 42.5 Å². The zero-order chi connectivity index (χ0) is 13.7. The van der Waals surface area contributed by atoms with Gasteiger partial charge in [-0.25, -0.2) is 0 Å². The van der Waals surface area contributed by atoms with E-state index >= 15 is 0 Å². The number of nitriles is 1. The van der Waals surface area contributed by atoms with Crippen molar-refractivity contribution in [1.82, 2.24) is 0 Å². The summed E-state index contributed by atoms with van der Waals surface area (Å²) in [6.45, 7) is 2.46. The summed E-state index contributed by atoms with van der Waals surface area (Å²) in [6.07, 6.45) is 0. The van der Waals surface area contributed by atoms with Crippen LogP contribution in [0.2, 0.25) is 0 Å². The molecule has 0 aliphatic carbocycles. The first kappa shape index (κ1) is 13.5. The topological polar surface area (TPSA) is 33.0 Å². The molecule has 0 atom stereocenters. The summed E-state index contributed by atoms with van der Waals surface area (Å²) in [6, 6.07) is 15.5. The third kappa shape index (κ3) is 3.49. The number of ether oxygens (including phenoxy) is 1. The van der Waals surface area contributed by atoms with Crippen molar-refractivity contribution in [1.29, 1.82) is 5.26 Å². The van der Waals surface area contributed by atoms with Gasteiger partial charge >= 0.3 is 0 Å². The summed E-state index contributed by atoms with van der Waals surface area (Å²) in [5.74, 6) is 1.22. The Bertz CT molecular complexity index is 616. The molecule has 0 saturated heterocycles. The second-order valence-corrected chi connectivity index (χ2v) is 4.61. The van der Waals surface area contributed by atoms with Crippen LogP contribution in [0.3, 0.4) is 0 Å². The Labute approximate surface area is 118 Å². The molecule has 0 saturated carbocycles. The van der Waals surface area contributed by atoms with Crippen molar-refractivity contribution in [3.8, 4) is 11.8 Å². The van der Waals surface area contributed by atoms with E-state index in [1.165, 1.54) is 0 Å². The van der Waals surface area contributed by atoms with Gasteiger partial charge in [-0.1, -0.05) is 29.8 Å². The second-order valence-electron chi connectivity index (χ2n) is 4.35. The van der Waals surface area contributed by atoms with E-state index in [2.05, 4.69) is 6.07 Å². The zero-order valence-corrected chi connectivity index (χ0v) is 11.4. The summed E-state index contributed by atoms with van der Waals surface area (Å²) in [7, 11) is 0. The Kier molecular flexibility index (Phi) is 4.43. The van der Waals surface area contributed by atoms with E-state index in [4.69, 9.17) is 21.6 Å². The van der Waals surface area contributed by atoms with Gasteiger partial charge in [-0.05, 0) is 30.7 Å². The smallest absolute Gasteiger partial charge is 0.124 e.